The van der Waals surface area contributed by atoms with Gasteiger partial charge in [0, 0.05) is 12.8 Å². The molecule has 1 N–H and O–H groups in total. The van der Waals surface area contributed by atoms with Crippen molar-refractivity contribution in [3.8, 4) is 5.88 Å². The Morgan fingerprint density at radius 2 is 2.12 bits per heavy atom. The SMILES string of the molecule is CC(C)COc1cncc(NC(=O)CCc2nnc(C(F)F)o2)n1. The lowest BCUT2D eigenvalue weighted by Gasteiger charge is -2.08. The van der Waals surface area contributed by atoms with Crippen LogP contribution in [0.4, 0.5) is 14.6 Å². The zero-order chi connectivity index (χ0) is 17.5. The molecule has 0 bridgehead atoms. The Morgan fingerprint density at radius 1 is 1.33 bits per heavy atom. The van der Waals surface area contributed by atoms with E-state index in [0.29, 0.717) is 18.4 Å². The van der Waals surface area contributed by atoms with Crippen LogP contribution >= 0.6 is 0 Å². The number of amides is 1. The van der Waals surface area contributed by atoms with Gasteiger partial charge in [0.1, 0.15) is 0 Å². The Hall–Kier alpha value is -2.65. The van der Waals surface area contributed by atoms with E-state index in [9.17, 15) is 13.6 Å². The predicted molar refractivity (Wildman–Crippen MR) is 78.6 cm³/mol. The summed E-state index contributed by atoms with van der Waals surface area (Å²) in [4.78, 5) is 19.9. The standard InChI is InChI=1S/C14H17F2N5O3/c1-8(2)7-23-12-6-17-5-9(19-12)18-10(22)3-4-11-20-21-14(24-11)13(15)16/h5-6,8,13H,3-4,7H2,1-2H3,(H,18,19,22). The van der Waals surface area contributed by atoms with E-state index in [2.05, 4.69) is 25.5 Å². The van der Waals surface area contributed by atoms with E-state index >= 15 is 0 Å². The lowest BCUT2D eigenvalue weighted by atomic mass is 10.2. The molecule has 2 aromatic rings. The van der Waals surface area contributed by atoms with Gasteiger partial charge in [-0.1, -0.05) is 13.8 Å². The highest BCUT2D eigenvalue weighted by molar-refractivity contribution is 5.89. The fraction of sp³-hybridized carbons (Fsp3) is 0.500. The molecule has 0 radical (unpaired) electrons. The monoisotopic (exact) mass is 341 g/mol. The Labute approximate surface area is 136 Å². The number of aryl methyl sites for hydroxylation is 1. The summed E-state index contributed by atoms with van der Waals surface area (Å²) in [6, 6.07) is 0. The van der Waals surface area contributed by atoms with Crippen LogP contribution < -0.4 is 10.1 Å². The summed E-state index contributed by atoms with van der Waals surface area (Å²) in [6.45, 7) is 4.47. The van der Waals surface area contributed by atoms with Crippen LogP contribution in [-0.4, -0.2) is 32.7 Å². The molecule has 2 heterocycles. The molecule has 0 fully saturated rings. The molecule has 130 valence electrons. The van der Waals surface area contributed by atoms with Gasteiger partial charge >= 0.3 is 6.43 Å². The molecule has 0 spiro atoms. The van der Waals surface area contributed by atoms with Crippen LogP contribution in [0.1, 0.15) is 38.5 Å². The first-order valence-electron chi connectivity index (χ1n) is 7.29. The van der Waals surface area contributed by atoms with E-state index < -0.39 is 12.3 Å². The zero-order valence-electron chi connectivity index (χ0n) is 13.2. The van der Waals surface area contributed by atoms with Crippen LogP contribution in [0.15, 0.2) is 16.8 Å². The molecule has 8 nitrogen and oxygen atoms in total. The van der Waals surface area contributed by atoms with E-state index in [1.54, 1.807) is 0 Å². The first-order valence-corrected chi connectivity index (χ1v) is 7.29. The van der Waals surface area contributed by atoms with E-state index in [1.807, 2.05) is 13.8 Å². The molecule has 10 heteroatoms. The highest BCUT2D eigenvalue weighted by Crippen LogP contribution is 2.17. The van der Waals surface area contributed by atoms with Crippen molar-refractivity contribution in [2.45, 2.75) is 33.1 Å². The van der Waals surface area contributed by atoms with Crippen molar-refractivity contribution < 1.29 is 22.7 Å². The summed E-state index contributed by atoms with van der Waals surface area (Å²) in [7, 11) is 0. The number of hydrogen-bond donors (Lipinski definition) is 1. The quantitative estimate of drug-likeness (QED) is 0.786. The lowest BCUT2D eigenvalue weighted by Crippen LogP contribution is -2.14. The van der Waals surface area contributed by atoms with Gasteiger partial charge < -0.3 is 14.5 Å². The molecule has 0 saturated heterocycles. The Balaban J connectivity index is 1.84. The number of alkyl halides is 2. The van der Waals surface area contributed by atoms with Gasteiger partial charge in [-0.05, 0) is 5.92 Å². The van der Waals surface area contributed by atoms with Crippen LogP contribution in [0.3, 0.4) is 0 Å². The minimum absolute atomic E-state index is 0.0242. The number of aromatic nitrogens is 4. The number of ether oxygens (including phenoxy) is 1. The second-order valence-electron chi connectivity index (χ2n) is 5.33. The van der Waals surface area contributed by atoms with Crippen molar-refractivity contribution in [3.05, 3.63) is 24.2 Å². The average molecular weight is 341 g/mol. The maximum Gasteiger partial charge on any atom is 0.314 e. The molecule has 0 saturated carbocycles. The molecular formula is C14H17F2N5O3. The van der Waals surface area contributed by atoms with Gasteiger partial charge in [-0.3, -0.25) is 9.78 Å². The van der Waals surface area contributed by atoms with Crippen LogP contribution in [0.5, 0.6) is 5.88 Å². The molecule has 24 heavy (non-hydrogen) atoms. The summed E-state index contributed by atoms with van der Waals surface area (Å²) in [6.07, 6.45) is 0.0138. The van der Waals surface area contributed by atoms with E-state index in [0.717, 1.165) is 0 Å². The highest BCUT2D eigenvalue weighted by atomic mass is 19.3. The Kier molecular flexibility index (Phi) is 6.10. The van der Waals surface area contributed by atoms with Crippen molar-refractivity contribution in [1.29, 1.82) is 0 Å². The van der Waals surface area contributed by atoms with Gasteiger partial charge in [-0.15, -0.1) is 10.2 Å². The molecule has 2 aromatic heterocycles. The minimum Gasteiger partial charge on any atom is -0.476 e. The van der Waals surface area contributed by atoms with E-state index in [-0.39, 0.29) is 30.5 Å². The summed E-state index contributed by atoms with van der Waals surface area (Å²) in [5.41, 5.74) is 0. The molecule has 0 aliphatic rings. The molecule has 2 rings (SSSR count). The number of nitrogens with zero attached hydrogens (tertiary/aromatic N) is 4. The molecule has 0 atom stereocenters. The van der Waals surface area contributed by atoms with Crippen LogP contribution in [0.25, 0.3) is 0 Å². The van der Waals surface area contributed by atoms with Crippen molar-refractivity contribution in [3.63, 3.8) is 0 Å². The predicted octanol–water partition coefficient (Wildman–Crippen LogP) is 2.40. The highest BCUT2D eigenvalue weighted by Gasteiger charge is 2.16. The van der Waals surface area contributed by atoms with Gasteiger partial charge in [0.25, 0.3) is 5.89 Å². The molecular weight excluding hydrogens is 324 g/mol. The molecule has 1 amide bonds. The van der Waals surface area contributed by atoms with Gasteiger partial charge in [-0.25, -0.2) is 0 Å². The molecule has 0 unspecified atom stereocenters. The van der Waals surface area contributed by atoms with E-state index in [4.69, 9.17) is 9.15 Å². The Bertz CT molecular complexity index is 678. The summed E-state index contributed by atoms with van der Waals surface area (Å²) >= 11 is 0. The number of rotatable bonds is 8. The second kappa shape index (κ2) is 8.27. The number of carbonyl (C=O) groups is 1. The first-order chi connectivity index (χ1) is 11.4. The van der Waals surface area contributed by atoms with Crippen molar-refractivity contribution >= 4 is 11.7 Å². The number of hydrogen-bond acceptors (Lipinski definition) is 7. The summed E-state index contributed by atoms with van der Waals surface area (Å²) in [5.74, 6) is -0.299. The first kappa shape index (κ1) is 17.7. The van der Waals surface area contributed by atoms with Crippen LogP contribution in [0, 0.1) is 5.92 Å². The van der Waals surface area contributed by atoms with E-state index in [1.165, 1.54) is 12.4 Å². The zero-order valence-corrected chi connectivity index (χ0v) is 13.2. The molecule has 0 aliphatic heterocycles. The maximum absolute atomic E-state index is 12.3. The number of nitrogens with one attached hydrogen (secondary N) is 1. The topological polar surface area (TPSA) is 103 Å². The van der Waals surface area contributed by atoms with Crippen molar-refractivity contribution in [2.75, 3.05) is 11.9 Å². The normalized spacial score (nSPS) is 11.1. The third-order valence-corrected chi connectivity index (χ3v) is 2.68. The van der Waals surface area contributed by atoms with Crippen LogP contribution in [-0.2, 0) is 11.2 Å². The van der Waals surface area contributed by atoms with Gasteiger partial charge in [-0.2, -0.15) is 13.8 Å². The largest absolute Gasteiger partial charge is 0.476 e. The maximum atomic E-state index is 12.3. The number of halogens is 2. The summed E-state index contributed by atoms with van der Waals surface area (Å²) in [5, 5.41) is 9.17. The van der Waals surface area contributed by atoms with Crippen molar-refractivity contribution in [1.82, 2.24) is 20.2 Å². The molecule has 0 aromatic carbocycles. The fourth-order valence-electron chi connectivity index (χ4n) is 1.61. The number of carbonyl (C=O) groups excluding carboxylic acids is 1. The number of anilines is 1. The minimum atomic E-state index is -2.83. The smallest absolute Gasteiger partial charge is 0.314 e. The third kappa shape index (κ3) is 5.52. The van der Waals surface area contributed by atoms with Crippen molar-refractivity contribution in [2.24, 2.45) is 5.92 Å². The Morgan fingerprint density at radius 3 is 2.79 bits per heavy atom. The molecule has 0 aliphatic carbocycles. The average Bonchev–Trinajstić information content (AvgIpc) is 3.01. The van der Waals surface area contributed by atoms with Crippen LogP contribution in [0.2, 0.25) is 0 Å². The summed E-state index contributed by atoms with van der Waals surface area (Å²) < 4.78 is 34.8. The van der Waals surface area contributed by atoms with Gasteiger partial charge in [0.2, 0.25) is 17.7 Å². The lowest BCUT2D eigenvalue weighted by molar-refractivity contribution is -0.116. The third-order valence-electron chi connectivity index (χ3n) is 2.68. The van der Waals surface area contributed by atoms with Gasteiger partial charge in [0.15, 0.2) is 5.82 Å². The van der Waals surface area contributed by atoms with Gasteiger partial charge in [0.05, 0.1) is 19.0 Å². The fourth-order valence-corrected chi connectivity index (χ4v) is 1.61. The second-order valence-corrected chi connectivity index (χ2v) is 5.33.